The van der Waals surface area contributed by atoms with E-state index >= 15 is 0 Å². The van der Waals surface area contributed by atoms with E-state index in [4.69, 9.17) is 36.1 Å². The van der Waals surface area contributed by atoms with Gasteiger partial charge in [-0.2, -0.15) is 4.98 Å². The quantitative estimate of drug-likeness (QED) is 0.585. The van der Waals surface area contributed by atoms with Crippen LogP contribution in [0.1, 0.15) is 26.0 Å². The van der Waals surface area contributed by atoms with Gasteiger partial charge in [-0.05, 0) is 18.2 Å². The van der Waals surface area contributed by atoms with Gasteiger partial charge in [0.1, 0.15) is 17.8 Å². The minimum absolute atomic E-state index is 0.0283. The van der Waals surface area contributed by atoms with Crippen LogP contribution in [0.4, 0.5) is 5.95 Å². The summed E-state index contributed by atoms with van der Waals surface area (Å²) in [7, 11) is 1.30. The van der Waals surface area contributed by atoms with E-state index in [2.05, 4.69) is 15.0 Å². The van der Waals surface area contributed by atoms with Gasteiger partial charge in [-0.1, -0.05) is 6.92 Å². The molecule has 4 rings (SSSR count). The molecule has 5 atom stereocenters. The Balaban J connectivity index is 1.79. The largest absolute Gasteiger partial charge is 0.371 e. The lowest BCUT2D eigenvalue weighted by Crippen LogP contribution is -2.49. The average molecular weight is 417 g/mol. The summed E-state index contributed by atoms with van der Waals surface area (Å²) in [6.45, 7) is -1.02. The van der Waals surface area contributed by atoms with Crippen LogP contribution in [0, 0.1) is 0 Å². The molecule has 4 heterocycles. The highest BCUT2D eigenvalue weighted by Crippen LogP contribution is 2.55. The van der Waals surface area contributed by atoms with E-state index in [1.807, 2.05) is 6.92 Å². The van der Waals surface area contributed by atoms with E-state index in [9.17, 15) is 9.69 Å². The monoisotopic (exact) mass is 417 g/mol. The summed E-state index contributed by atoms with van der Waals surface area (Å²) in [5.74, 6) is -0.0283. The van der Waals surface area contributed by atoms with Crippen LogP contribution in [-0.2, 0) is 30.3 Å². The maximum absolute atomic E-state index is 12.1. The first kappa shape index (κ1) is 18.9. The van der Waals surface area contributed by atoms with Crippen LogP contribution in [0.2, 0.25) is 0 Å². The molecule has 0 aliphatic carbocycles. The maximum Gasteiger partial charge on any atom is 0.324 e. The zero-order valence-electron chi connectivity index (χ0n) is 14.7. The van der Waals surface area contributed by atoms with Crippen molar-refractivity contribution in [3.05, 3.63) is 16.7 Å². The lowest BCUT2D eigenvalue weighted by atomic mass is 9.87. The zero-order chi connectivity index (χ0) is 19.4. The Bertz CT molecular complexity index is 981. The minimum Gasteiger partial charge on any atom is -0.371 e. The Labute approximate surface area is 159 Å². The van der Waals surface area contributed by atoms with Crippen molar-refractivity contribution in [3.8, 4) is 0 Å². The summed E-state index contributed by atoms with van der Waals surface area (Å²) in [4.78, 5) is 33.0. The minimum atomic E-state index is -3.44. The van der Waals surface area contributed by atoms with Crippen molar-refractivity contribution in [2.24, 2.45) is 0 Å². The molecule has 0 spiro atoms. The van der Waals surface area contributed by atoms with Gasteiger partial charge >= 0.3 is 6.72 Å². The van der Waals surface area contributed by atoms with Crippen molar-refractivity contribution in [2.45, 2.75) is 43.8 Å². The van der Waals surface area contributed by atoms with Crippen LogP contribution in [0.25, 0.3) is 11.2 Å². The van der Waals surface area contributed by atoms with Gasteiger partial charge in [0.15, 0.2) is 17.4 Å². The highest BCUT2D eigenvalue weighted by atomic mass is 32.5. The first-order chi connectivity index (χ1) is 12.8. The third kappa shape index (κ3) is 3.01. The molecule has 148 valence electrons. The standard InChI is InChI=1S/C14H20N5O6PS/c1-3-14-4-5-23-8(9(14)25-26(21,27)22-2)12(24-14)19-6-16-7-10(19)17-13(15)18-11(7)20/h6,8-9,12H,3-5H2,1-2H3,(H,21,27)(H3,15,17,18,20)/t8?,9?,12-,14+,26?/m1/s1. The summed E-state index contributed by atoms with van der Waals surface area (Å²) in [6.07, 6.45) is 0.700. The van der Waals surface area contributed by atoms with Crippen LogP contribution in [0.3, 0.4) is 0 Å². The lowest BCUT2D eigenvalue weighted by Gasteiger charge is -2.38. The van der Waals surface area contributed by atoms with Crippen molar-refractivity contribution in [3.63, 3.8) is 0 Å². The molecule has 2 aromatic rings. The van der Waals surface area contributed by atoms with E-state index in [-0.39, 0.29) is 17.1 Å². The van der Waals surface area contributed by atoms with E-state index in [0.29, 0.717) is 19.4 Å². The van der Waals surface area contributed by atoms with Gasteiger partial charge in [0.25, 0.3) is 5.56 Å². The Hall–Kier alpha value is -1.40. The third-order valence-corrected chi connectivity index (χ3v) is 6.75. The molecule has 2 fully saturated rings. The number of rotatable bonds is 5. The molecule has 3 unspecified atom stereocenters. The fourth-order valence-electron chi connectivity index (χ4n) is 3.71. The number of hydrogen-bond acceptors (Lipinski definition) is 9. The van der Waals surface area contributed by atoms with E-state index in [1.54, 1.807) is 4.57 Å². The summed E-state index contributed by atoms with van der Waals surface area (Å²) >= 11 is 5.02. The molecule has 11 nitrogen and oxygen atoms in total. The molecule has 2 aliphatic rings. The van der Waals surface area contributed by atoms with E-state index in [0.717, 1.165) is 0 Å². The molecule has 0 radical (unpaired) electrons. The molecule has 2 aromatic heterocycles. The Morgan fingerprint density at radius 3 is 3.11 bits per heavy atom. The number of H-pyrrole nitrogens is 1. The number of aromatic amines is 1. The summed E-state index contributed by atoms with van der Waals surface area (Å²) in [5, 5.41) is 0. The first-order valence-corrected chi connectivity index (χ1v) is 11.0. The van der Waals surface area contributed by atoms with Gasteiger partial charge in [-0.3, -0.25) is 18.9 Å². The number of hydrogen-bond donors (Lipinski definition) is 3. The second-order valence-corrected chi connectivity index (χ2v) is 9.36. The average Bonchev–Trinajstić information content (AvgIpc) is 3.09. The second kappa shape index (κ2) is 6.59. The normalized spacial score (nSPS) is 32.6. The van der Waals surface area contributed by atoms with Crippen LogP contribution in [0.15, 0.2) is 11.1 Å². The molecule has 2 bridgehead atoms. The van der Waals surface area contributed by atoms with Gasteiger partial charge in [-0.15, -0.1) is 0 Å². The molecular formula is C14H20N5O6PS. The summed E-state index contributed by atoms with van der Waals surface area (Å²) < 4.78 is 24.5. The van der Waals surface area contributed by atoms with E-state index in [1.165, 1.54) is 13.4 Å². The highest BCUT2D eigenvalue weighted by molar-refractivity contribution is 8.07. The van der Waals surface area contributed by atoms with Gasteiger partial charge in [-0.25, -0.2) is 4.98 Å². The van der Waals surface area contributed by atoms with Crippen molar-refractivity contribution in [1.82, 2.24) is 19.5 Å². The van der Waals surface area contributed by atoms with Gasteiger partial charge in [0.2, 0.25) is 5.95 Å². The maximum atomic E-state index is 12.1. The number of aromatic nitrogens is 4. The fourth-order valence-corrected chi connectivity index (χ4v) is 4.67. The molecule has 0 aromatic carbocycles. The number of imidazole rings is 1. The SMILES string of the molecule is CC[C@]12CCOC(C1OP(O)(=S)OC)[C@H](n1cnc3c(=O)[nH]c(N)nc31)O2. The number of fused-ring (bicyclic) bond motifs is 3. The molecule has 2 aliphatic heterocycles. The van der Waals surface area contributed by atoms with Crippen molar-refractivity contribution in [2.75, 3.05) is 19.5 Å². The second-order valence-electron chi connectivity index (χ2n) is 6.46. The predicted molar refractivity (Wildman–Crippen MR) is 98.4 cm³/mol. The van der Waals surface area contributed by atoms with E-state index < -0.39 is 36.3 Å². The molecule has 0 amide bonds. The summed E-state index contributed by atoms with van der Waals surface area (Å²) in [6, 6.07) is 0. The highest BCUT2D eigenvalue weighted by Gasteiger charge is 2.60. The third-order valence-electron chi connectivity index (χ3n) is 5.09. The number of anilines is 1. The smallest absolute Gasteiger partial charge is 0.324 e. The van der Waals surface area contributed by atoms with Gasteiger partial charge in [0, 0.05) is 13.5 Å². The first-order valence-electron chi connectivity index (χ1n) is 8.39. The van der Waals surface area contributed by atoms with Gasteiger partial charge in [0.05, 0.1) is 12.9 Å². The zero-order valence-corrected chi connectivity index (χ0v) is 16.4. The van der Waals surface area contributed by atoms with Crippen molar-refractivity contribution < 1.29 is 23.4 Å². The summed E-state index contributed by atoms with van der Waals surface area (Å²) in [5.41, 5.74) is 4.93. The number of nitrogen functional groups attached to an aromatic ring is 1. The number of nitrogens with zero attached hydrogens (tertiary/aromatic N) is 3. The molecule has 2 saturated heterocycles. The van der Waals surface area contributed by atoms with Crippen LogP contribution in [0.5, 0.6) is 0 Å². The molecule has 27 heavy (non-hydrogen) atoms. The Morgan fingerprint density at radius 2 is 2.41 bits per heavy atom. The number of nitrogens with one attached hydrogen (secondary N) is 1. The van der Waals surface area contributed by atoms with Crippen LogP contribution < -0.4 is 11.3 Å². The molecule has 4 N–H and O–H groups in total. The van der Waals surface area contributed by atoms with Crippen LogP contribution >= 0.6 is 6.72 Å². The molecule has 13 heteroatoms. The lowest BCUT2D eigenvalue weighted by molar-refractivity contribution is -0.116. The van der Waals surface area contributed by atoms with Crippen molar-refractivity contribution >= 4 is 35.6 Å². The number of nitrogens with two attached hydrogens (primary N) is 1. The Morgan fingerprint density at radius 1 is 1.63 bits per heavy atom. The van der Waals surface area contributed by atoms with Crippen molar-refractivity contribution in [1.29, 1.82) is 0 Å². The topological polar surface area (TPSA) is 147 Å². The Kier molecular flexibility index (Phi) is 4.62. The molecular weight excluding hydrogens is 397 g/mol. The molecule has 0 saturated carbocycles. The number of ether oxygens (including phenoxy) is 2. The predicted octanol–water partition coefficient (Wildman–Crippen LogP) is 0.417. The fraction of sp³-hybridized carbons (Fsp3) is 0.643. The van der Waals surface area contributed by atoms with Gasteiger partial charge < -0.3 is 24.6 Å². The van der Waals surface area contributed by atoms with Crippen LogP contribution in [-0.4, -0.2) is 55.9 Å².